The molecule has 0 fully saturated rings. The van der Waals surface area contributed by atoms with Gasteiger partial charge in [-0.2, -0.15) is 0 Å². The normalized spacial score (nSPS) is 12.2. The lowest BCUT2D eigenvalue weighted by Crippen LogP contribution is -2.34. The Morgan fingerprint density at radius 3 is 2.06 bits per heavy atom. The molecule has 0 atom stereocenters. The third-order valence-corrected chi connectivity index (χ3v) is 3.61. The number of sulfone groups is 1. The zero-order valence-electron chi connectivity index (χ0n) is 11.1. The van der Waals surface area contributed by atoms with Crippen molar-refractivity contribution in [2.75, 3.05) is 6.26 Å². The number of carbonyl (C=O) groups is 1. The number of amides is 1. The SMILES string of the molecule is CC(C)(C)C(=O)NCc1ccc(S(C)(=O)=O)cc1. The van der Waals surface area contributed by atoms with Crippen LogP contribution in [0.15, 0.2) is 29.2 Å². The van der Waals surface area contributed by atoms with Crippen molar-refractivity contribution in [1.82, 2.24) is 5.32 Å². The van der Waals surface area contributed by atoms with E-state index in [0.717, 1.165) is 5.56 Å². The number of benzene rings is 1. The van der Waals surface area contributed by atoms with Gasteiger partial charge in [0.25, 0.3) is 0 Å². The van der Waals surface area contributed by atoms with Crippen LogP contribution in [-0.4, -0.2) is 20.6 Å². The molecule has 1 aromatic carbocycles. The van der Waals surface area contributed by atoms with E-state index in [2.05, 4.69) is 5.32 Å². The summed E-state index contributed by atoms with van der Waals surface area (Å²) in [7, 11) is -3.16. The highest BCUT2D eigenvalue weighted by Gasteiger charge is 2.20. The number of hydrogen-bond acceptors (Lipinski definition) is 3. The molecule has 0 spiro atoms. The molecule has 1 rings (SSSR count). The first-order chi connectivity index (χ1) is 8.10. The van der Waals surface area contributed by atoms with Crippen LogP contribution in [0.1, 0.15) is 26.3 Å². The lowest BCUT2D eigenvalue weighted by Gasteiger charge is -2.17. The molecule has 0 bridgehead atoms. The van der Waals surface area contributed by atoms with Gasteiger partial charge in [0.1, 0.15) is 0 Å². The lowest BCUT2D eigenvalue weighted by atomic mass is 9.95. The fourth-order valence-corrected chi connectivity index (χ4v) is 1.93. The van der Waals surface area contributed by atoms with Crippen LogP contribution in [0.2, 0.25) is 0 Å². The van der Waals surface area contributed by atoms with Crippen LogP contribution < -0.4 is 5.32 Å². The van der Waals surface area contributed by atoms with Gasteiger partial charge in [0.05, 0.1) is 4.90 Å². The smallest absolute Gasteiger partial charge is 0.225 e. The fraction of sp³-hybridized carbons (Fsp3) is 0.462. The molecule has 0 radical (unpaired) electrons. The molecule has 5 heteroatoms. The second-order valence-corrected chi connectivity index (χ2v) is 7.36. The summed E-state index contributed by atoms with van der Waals surface area (Å²) in [5.41, 5.74) is 0.451. The van der Waals surface area contributed by atoms with Crippen LogP contribution in [0.25, 0.3) is 0 Å². The van der Waals surface area contributed by atoms with Crippen LogP contribution in [0, 0.1) is 5.41 Å². The molecule has 0 aliphatic heterocycles. The van der Waals surface area contributed by atoms with Crippen molar-refractivity contribution in [3.05, 3.63) is 29.8 Å². The van der Waals surface area contributed by atoms with E-state index in [-0.39, 0.29) is 10.8 Å². The highest BCUT2D eigenvalue weighted by Crippen LogP contribution is 2.14. The van der Waals surface area contributed by atoms with Gasteiger partial charge in [-0.05, 0) is 17.7 Å². The van der Waals surface area contributed by atoms with Crippen molar-refractivity contribution >= 4 is 15.7 Å². The molecule has 18 heavy (non-hydrogen) atoms. The Balaban J connectivity index is 2.69. The molecule has 0 aromatic heterocycles. The first kappa shape index (κ1) is 14.7. The molecule has 4 nitrogen and oxygen atoms in total. The first-order valence-electron chi connectivity index (χ1n) is 5.68. The second kappa shape index (κ2) is 5.10. The summed E-state index contributed by atoms with van der Waals surface area (Å²) < 4.78 is 22.5. The van der Waals surface area contributed by atoms with Gasteiger partial charge in [-0.25, -0.2) is 8.42 Å². The van der Waals surface area contributed by atoms with E-state index < -0.39 is 15.3 Å². The highest BCUT2D eigenvalue weighted by atomic mass is 32.2. The van der Waals surface area contributed by atoms with Crippen LogP contribution in [0.4, 0.5) is 0 Å². The van der Waals surface area contributed by atoms with Crippen molar-refractivity contribution in [3.63, 3.8) is 0 Å². The van der Waals surface area contributed by atoms with Gasteiger partial charge < -0.3 is 5.32 Å². The fourth-order valence-electron chi connectivity index (χ4n) is 1.30. The van der Waals surface area contributed by atoms with Crippen molar-refractivity contribution in [3.8, 4) is 0 Å². The molecule has 0 saturated carbocycles. The summed E-state index contributed by atoms with van der Waals surface area (Å²) in [6.45, 7) is 5.93. The first-order valence-corrected chi connectivity index (χ1v) is 7.57. The molecule has 0 aliphatic carbocycles. The molecular weight excluding hydrogens is 250 g/mol. The predicted octanol–water partition coefficient (Wildman–Crippen LogP) is 1.75. The van der Waals surface area contributed by atoms with E-state index in [1.165, 1.54) is 6.26 Å². The Labute approximate surface area is 108 Å². The van der Waals surface area contributed by atoms with Gasteiger partial charge in [-0.15, -0.1) is 0 Å². The van der Waals surface area contributed by atoms with Crippen molar-refractivity contribution in [2.24, 2.45) is 5.41 Å². The maximum atomic E-state index is 11.7. The van der Waals surface area contributed by atoms with Gasteiger partial charge in [-0.1, -0.05) is 32.9 Å². The number of rotatable bonds is 3. The molecule has 1 aromatic rings. The third kappa shape index (κ3) is 4.14. The second-order valence-electron chi connectivity index (χ2n) is 5.35. The maximum Gasteiger partial charge on any atom is 0.225 e. The Morgan fingerprint density at radius 1 is 1.17 bits per heavy atom. The van der Waals surface area contributed by atoms with Crippen LogP contribution >= 0.6 is 0 Å². The van der Waals surface area contributed by atoms with Crippen LogP contribution in [0.3, 0.4) is 0 Å². The van der Waals surface area contributed by atoms with Crippen LogP contribution in [-0.2, 0) is 21.2 Å². The zero-order chi connectivity index (χ0) is 14.0. The standard InChI is InChI=1S/C13H19NO3S/c1-13(2,3)12(15)14-9-10-5-7-11(8-6-10)18(4,16)17/h5-8H,9H2,1-4H3,(H,14,15). The van der Waals surface area contributed by atoms with E-state index in [9.17, 15) is 13.2 Å². The summed E-state index contributed by atoms with van der Waals surface area (Å²) in [6, 6.07) is 6.51. The molecule has 0 saturated heterocycles. The maximum absolute atomic E-state index is 11.7. The van der Waals surface area contributed by atoms with E-state index in [4.69, 9.17) is 0 Å². The van der Waals surface area contributed by atoms with Crippen molar-refractivity contribution < 1.29 is 13.2 Å². The Hall–Kier alpha value is -1.36. The minimum atomic E-state index is -3.16. The average molecular weight is 269 g/mol. The van der Waals surface area contributed by atoms with E-state index in [0.29, 0.717) is 6.54 Å². The molecule has 0 heterocycles. The lowest BCUT2D eigenvalue weighted by molar-refractivity contribution is -0.128. The van der Waals surface area contributed by atoms with E-state index in [1.807, 2.05) is 20.8 Å². The van der Waals surface area contributed by atoms with E-state index >= 15 is 0 Å². The molecule has 0 unspecified atom stereocenters. The largest absolute Gasteiger partial charge is 0.352 e. The summed E-state index contributed by atoms with van der Waals surface area (Å²) in [5.74, 6) is -0.0327. The minimum Gasteiger partial charge on any atom is -0.352 e. The monoisotopic (exact) mass is 269 g/mol. The Bertz CT molecular complexity index is 524. The number of hydrogen-bond donors (Lipinski definition) is 1. The zero-order valence-corrected chi connectivity index (χ0v) is 12.0. The number of nitrogens with one attached hydrogen (secondary N) is 1. The van der Waals surface area contributed by atoms with Crippen LogP contribution in [0.5, 0.6) is 0 Å². The Kier molecular flexibility index (Phi) is 4.16. The highest BCUT2D eigenvalue weighted by molar-refractivity contribution is 7.90. The van der Waals surface area contributed by atoms with Gasteiger partial charge >= 0.3 is 0 Å². The minimum absolute atomic E-state index is 0.0327. The predicted molar refractivity (Wildman–Crippen MR) is 70.9 cm³/mol. The molecule has 1 amide bonds. The summed E-state index contributed by atoms with van der Waals surface area (Å²) >= 11 is 0. The topological polar surface area (TPSA) is 63.2 Å². The van der Waals surface area contributed by atoms with E-state index in [1.54, 1.807) is 24.3 Å². The van der Waals surface area contributed by atoms with Gasteiger partial charge in [0.15, 0.2) is 9.84 Å². The van der Waals surface area contributed by atoms with Crippen molar-refractivity contribution in [2.45, 2.75) is 32.2 Å². The molecular formula is C13H19NO3S. The summed E-state index contributed by atoms with van der Waals surface area (Å²) in [4.78, 5) is 11.9. The quantitative estimate of drug-likeness (QED) is 0.909. The third-order valence-electron chi connectivity index (χ3n) is 2.49. The molecule has 1 N–H and O–H groups in total. The average Bonchev–Trinajstić information content (AvgIpc) is 2.24. The summed E-state index contributed by atoms with van der Waals surface area (Å²) in [6.07, 6.45) is 1.17. The van der Waals surface area contributed by atoms with Gasteiger partial charge in [0, 0.05) is 18.2 Å². The number of carbonyl (C=O) groups excluding carboxylic acids is 1. The molecule has 100 valence electrons. The Morgan fingerprint density at radius 2 is 1.67 bits per heavy atom. The van der Waals surface area contributed by atoms with Gasteiger partial charge in [-0.3, -0.25) is 4.79 Å². The summed E-state index contributed by atoms with van der Waals surface area (Å²) in [5, 5.41) is 2.81. The molecule has 0 aliphatic rings. The van der Waals surface area contributed by atoms with Crippen molar-refractivity contribution in [1.29, 1.82) is 0 Å². The van der Waals surface area contributed by atoms with Gasteiger partial charge in [0.2, 0.25) is 5.91 Å².